The zero-order chi connectivity index (χ0) is 14.5. The Hall–Kier alpha value is -2.69. The standard InChI is InChI=1S/C15H16N2O3/c1-20-12-6-7-13(14(16)8-12)15(19)17-9-10-2-4-11(18)5-3-10/h2-8,18H,9,16H2,1H3,(H,17,19). The van der Waals surface area contributed by atoms with Gasteiger partial charge in [-0.15, -0.1) is 0 Å². The Morgan fingerprint density at radius 1 is 1.25 bits per heavy atom. The summed E-state index contributed by atoms with van der Waals surface area (Å²) in [5.74, 6) is 0.551. The molecule has 0 saturated carbocycles. The van der Waals surface area contributed by atoms with Crippen molar-refractivity contribution >= 4 is 11.6 Å². The number of ether oxygens (including phenoxy) is 1. The highest BCUT2D eigenvalue weighted by atomic mass is 16.5. The summed E-state index contributed by atoms with van der Waals surface area (Å²) in [6.07, 6.45) is 0. The summed E-state index contributed by atoms with van der Waals surface area (Å²) in [6, 6.07) is 11.5. The number of phenols is 1. The lowest BCUT2D eigenvalue weighted by Crippen LogP contribution is -2.23. The van der Waals surface area contributed by atoms with Gasteiger partial charge in [-0.05, 0) is 29.8 Å². The SMILES string of the molecule is COc1ccc(C(=O)NCc2ccc(O)cc2)c(N)c1. The summed E-state index contributed by atoms with van der Waals surface area (Å²) in [6.45, 7) is 0.366. The quantitative estimate of drug-likeness (QED) is 0.742. The molecular weight excluding hydrogens is 256 g/mol. The molecule has 0 spiro atoms. The molecule has 5 nitrogen and oxygen atoms in total. The molecule has 0 aliphatic carbocycles. The lowest BCUT2D eigenvalue weighted by molar-refractivity contribution is 0.0952. The van der Waals surface area contributed by atoms with E-state index < -0.39 is 0 Å². The molecule has 1 amide bonds. The maximum Gasteiger partial charge on any atom is 0.253 e. The van der Waals surface area contributed by atoms with Crippen LogP contribution in [0.2, 0.25) is 0 Å². The highest BCUT2D eigenvalue weighted by molar-refractivity contribution is 5.99. The van der Waals surface area contributed by atoms with Crippen molar-refractivity contribution < 1.29 is 14.6 Å². The molecule has 0 heterocycles. The van der Waals surface area contributed by atoms with Crippen LogP contribution >= 0.6 is 0 Å². The monoisotopic (exact) mass is 272 g/mol. The molecular formula is C15H16N2O3. The van der Waals surface area contributed by atoms with E-state index in [4.69, 9.17) is 10.5 Å². The normalized spacial score (nSPS) is 10.1. The van der Waals surface area contributed by atoms with Gasteiger partial charge in [0.2, 0.25) is 0 Å². The van der Waals surface area contributed by atoms with Crippen molar-refractivity contribution in [3.63, 3.8) is 0 Å². The molecule has 0 fully saturated rings. The third-order valence-electron chi connectivity index (χ3n) is 2.89. The van der Waals surface area contributed by atoms with Gasteiger partial charge in [-0.25, -0.2) is 0 Å². The fourth-order valence-electron chi connectivity index (χ4n) is 1.77. The second-order valence-corrected chi connectivity index (χ2v) is 4.30. The van der Waals surface area contributed by atoms with Crippen molar-refractivity contribution in [2.75, 3.05) is 12.8 Å². The number of hydrogen-bond donors (Lipinski definition) is 3. The van der Waals surface area contributed by atoms with E-state index in [1.807, 2.05) is 0 Å². The number of methoxy groups -OCH3 is 1. The molecule has 0 aliphatic heterocycles. The fraction of sp³-hybridized carbons (Fsp3) is 0.133. The largest absolute Gasteiger partial charge is 0.508 e. The molecule has 20 heavy (non-hydrogen) atoms. The Morgan fingerprint density at radius 2 is 1.95 bits per heavy atom. The first-order valence-electron chi connectivity index (χ1n) is 6.10. The van der Waals surface area contributed by atoms with Crippen LogP contribution in [0.4, 0.5) is 5.69 Å². The average molecular weight is 272 g/mol. The van der Waals surface area contributed by atoms with Crippen LogP contribution in [0.3, 0.4) is 0 Å². The molecule has 2 aromatic rings. The minimum atomic E-state index is -0.252. The van der Waals surface area contributed by atoms with Gasteiger partial charge in [0.05, 0.1) is 12.7 Å². The minimum absolute atomic E-state index is 0.194. The van der Waals surface area contributed by atoms with Gasteiger partial charge in [0.25, 0.3) is 5.91 Å². The number of aromatic hydroxyl groups is 1. The van der Waals surface area contributed by atoms with Crippen LogP contribution in [0.15, 0.2) is 42.5 Å². The van der Waals surface area contributed by atoms with Gasteiger partial charge in [-0.1, -0.05) is 12.1 Å². The van der Waals surface area contributed by atoms with Crippen LogP contribution in [0.5, 0.6) is 11.5 Å². The van der Waals surface area contributed by atoms with Crippen LogP contribution in [-0.4, -0.2) is 18.1 Å². The number of nitrogens with two attached hydrogens (primary N) is 1. The van der Waals surface area contributed by atoms with Gasteiger partial charge >= 0.3 is 0 Å². The fourth-order valence-corrected chi connectivity index (χ4v) is 1.77. The van der Waals surface area contributed by atoms with Gasteiger partial charge in [0.15, 0.2) is 0 Å². The lowest BCUT2D eigenvalue weighted by Gasteiger charge is -2.09. The van der Waals surface area contributed by atoms with E-state index in [0.717, 1.165) is 5.56 Å². The van der Waals surface area contributed by atoms with Crippen molar-refractivity contribution in [1.29, 1.82) is 0 Å². The summed E-state index contributed by atoms with van der Waals surface area (Å²) in [5.41, 5.74) is 7.48. The van der Waals surface area contributed by atoms with E-state index in [1.54, 1.807) is 49.6 Å². The van der Waals surface area contributed by atoms with Crippen molar-refractivity contribution in [1.82, 2.24) is 5.32 Å². The molecule has 2 rings (SSSR count). The molecule has 5 heteroatoms. The zero-order valence-electron chi connectivity index (χ0n) is 11.1. The Bertz CT molecular complexity index is 609. The summed E-state index contributed by atoms with van der Waals surface area (Å²) in [7, 11) is 1.54. The van der Waals surface area contributed by atoms with Gasteiger partial charge < -0.3 is 20.9 Å². The van der Waals surface area contributed by atoms with E-state index in [1.165, 1.54) is 0 Å². The molecule has 0 atom stereocenters. The smallest absolute Gasteiger partial charge is 0.253 e. The van der Waals surface area contributed by atoms with Crippen LogP contribution in [0, 0.1) is 0 Å². The molecule has 0 saturated heterocycles. The highest BCUT2D eigenvalue weighted by Crippen LogP contribution is 2.19. The number of phenolic OH excluding ortho intramolecular Hbond substituents is 1. The number of nitrogens with one attached hydrogen (secondary N) is 1. The molecule has 0 aromatic heterocycles. The Labute approximate surface area is 117 Å². The lowest BCUT2D eigenvalue weighted by atomic mass is 10.1. The Balaban J connectivity index is 2.03. The highest BCUT2D eigenvalue weighted by Gasteiger charge is 2.10. The maximum atomic E-state index is 12.0. The summed E-state index contributed by atoms with van der Waals surface area (Å²) in [4.78, 5) is 12.0. The second-order valence-electron chi connectivity index (χ2n) is 4.30. The van der Waals surface area contributed by atoms with E-state index in [9.17, 15) is 9.90 Å². The minimum Gasteiger partial charge on any atom is -0.508 e. The number of amides is 1. The van der Waals surface area contributed by atoms with Crippen LogP contribution in [0.25, 0.3) is 0 Å². The van der Waals surface area contributed by atoms with Gasteiger partial charge in [0, 0.05) is 18.3 Å². The molecule has 2 aromatic carbocycles. The van der Waals surface area contributed by atoms with E-state index in [0.29, 0.717) is 23.5 Å². The van der Waals surface area contributed by atoms with Gasteiger partial charge in [0.1, 0.15) is 11.5 Å². The third kappa shape index (κ3) is 3.20. The maximum absolute atomic E-state index is 12.0. The van der Waals surface area contributed by atoms with Crippen molar-refractivity contribution in [2.24, 2.45) is 0 Å². The number of nitrogen functional groups attached to an aromatic ring is 1. The summed E-state index contributed by atoms with van der Waals surface area (Å²) in [5, 5.41) is 12.0. The first kappa shape index (κ1) is 13.7. The Kier molecular flexibility index (Phi) is 4.10. The van der Waals surface area contributed by atoms with Gasteiger partial charge in [-0.3, -0.25) is 4.79 Å². The number of hydrogen-bond acceptors (Lipinski definition) is 4. The van der Waals surface area contributed by atoms with Crippen molar-refractivity contribution in [3.8, 4) is 11.5 Å². The number of rotatable bonds is 4. The predicted molar refractivity (Wildman–Crippen MR) is 76.7 cm³/mol. The first-order chi connectivity index (χ1) is 9.60. The Morgan fingerprint density at radius 3 is 2.55 bits per heavy atom. The summed E-state index contributed by atoms with van der Waals surface area (Å²) >= 11 is 0. The summed E-state index contributed by atoms with van der Waals surface area (Å²) < 4.78 is 5.03. The molecule has 0 aliphatic rings. The molecule has 0 bridgehead atoms. The first-order valence-corrected chi connectivity index (χ1v) is 6.10. The van der Waals surface area contributed by atoms with Crippen molar-refractivity contribution in [3.05, 3.63) is 53.6 Å². The second kappa shape index (κ2) is 5.97. The van der Waals surface area contributed by atoms with E-state index in [2.05, 4.69) is 5.32 Å². The van der Waals surface area contributed by atoms with Crippen LogP contribution in [-0.2, 0) is 6.54 Å². The van der Waals surface area contributed by atoms with E-state index >= 15 is 0 Å². The molecule has 0 unspecified atom stereocenters. The average Bonchev–Trinajstić information content (AvgIpc) is 2.46. The number of benzene rings is 2. The predicted octanol–water partition coefficient (Wildman–Crippen LogP) is 1.91. The van der Waals surface area contributed by atoms with Crippen molar-refractivity contribution in [2.45, 2.75) is 6.54 Å². The van der Waals surface area contributed by atoms with Gasteiger partial charge in [-0.2, -0.15) is 0 Å². The van der Waals surface area contributed by atoms with E-state index in [-0.39, 0.29) is 11.7 Å². The number of carbonyl (C=O) groups is 1. The van der Waals surface area contributed by atoms with Crippen LogP contribution in [0.1, 0.15) is 15.9 Å². The molecule has 104 valence electrons. The molecule has 4 N–H and O–H groups in total. The number of carbonyl (C=O) groups excluding carboxylic acids is 1. The zero-order valence-corrected chi connectivity index (χ0v) is 11.1. The van der Waals surface area contributed by atoms with Crippen LogP contribution < -0.4 is 15.8 Å². The number of anilines is 1. The third-order valence-corrected chi connectivity index (χ3v) is 2.89. The molecule has 0 radical (unpaired) electrons. The topological polar surface area (TPSA) is 84.6 Å².